The molecule has 0 bridgehead atoms. The second kappa shape index (κ2) is 11.2. The molecule has 0 saturated heterocycles. The Labute approximate surface area is 80.8 Å². The first-order valence-electron chi connectivity index (χ1n) is 4.78. The Bertz CT molecular complexity index is 109. The number of hydrogen-bond acceptors (Lipinski definition) is 2. The second-order valence-electron chi connectivity index (χ2n) is 3.05. The maximum absolute atomic E-state index is 8.75. The summed E-state index contributed by atoms with van der Waals surface area (Å²) in [6.45, 7) is 4.69. The largest absolute Gasteiger partial charge is 0.396 e. The maximum Gasteiger partial charge on any atom is 0.183 e. The number of guanidine groups is 1. The van der Waals surface area contributed by atoms with Gasteiger partial charge in [-0.3, -0.25) is 5.41 Å². The third-order valence-electron chi connectivity index (χ3n) is 1.80. The van der Waals surface area contributed by atoms with E-state index in [1.807, 2.05) is 0 Å². The van der Waals surface area contributed by atoms with E-state index in [1.165, 1.54) is 19.3 Å². The maximum atomic E-state index is 8.75. The Morgan fingerprint density at radius 2 is 1.85 bits per heavy atom. The minimum atomic E-state index is -0.333. The molecule has 1 unspecified atom stereocenters. The van der Waals surface area contributed by atoms with Gasteiger partial charge < -0.3 is 16.6 Å². The van der Waals surface area contributed by atoms with Gasteiger partial charge in [0.25, 0.3) is 0 Å². The Kier molecular flexibility index (Phi) is 12.7. The number of nitrogens with one attached hydrogen (secondary N) is 1. The van der Waals surface area contributed by atoms with Gasteiger partial charge in [0, 0.05) is 6.61 Å². The lowest BCUT2D eigenvalue weighted by Crippen LogP contribution is -2.20. The van der Waals surface area contributed by atoms with Crippen LogP contribution in [-0.2, 0) is 0 Å². The third-order valence-corrected chi connectivity index (χ3v) is 1.80. The third kappa shape index (κ3) is 18.3. The van der Waals surface area contributed by atoms with E-state index in [0.29, 0.717) is 12.5 Å². The van der Waals surface area contributed by atoms with Crippen LogP contribution in [0.5, 0.6) is 0 Å². The molecule has 13 heavy (non-hydrogen) atoms. The number of unbranched alkanes of at least 4 members (excludes halogenated alkanes) is 1. The van der Waals surface area contributed by atoms with E-state index in [4.69, 9.17) is 10.5 Å². The topological polar surface area (TPSA) is 96.1 Å². The first kappa shape index (κ1) is 14.7. The van der Waals surface area contributed by atoms with Gasteiger partial charge >= 0.3 is 0 Å². The van der Waals surface area contributed by atoms with Crippen molar-refractivity contribution in [1.29, 1.82) is 5.41 Å². The smallest absolute Gasteiger partial charge is 0.183 e. The van der Waals surface area contributed by atoms with E-state index in [-0.39, 0.29) is 5.96 Å². The highest BCUT2D eigenvalue weighted by Crippen LogP contribution is 2.10. The predicted octanol–water partition coefficient (Wildman–Crippen LogP) is 1.03. The summed E-state index contributed by atoms with van der Waals surface area (Å²) in [5.41, 5.74) is 8.94. The van der Waals surface area contributed by atoms with Gasteiger partial charge in [-0.2, -0.15) is 0 Å². The van der Waals surface area contributed by atoms with Crippen molar-refractivity contribution in [3.63, 3.8) is 0 Å². The van der Waals surface area contributed by atoms with E-state index >= 15 is 0 Å². The highest BCUT2D eigenvalue weighted by Gasteiger charge is 2.01. The van der Waals surface area contributed by atoms with Gasteiger partial charge in [-0.1, -0.05) is 33.1 Å². The molecular weight excluding hydrogens is 166 g/mol. The zero-order valence-electron chi connectivity index (χ0n) is 8.71. The molecule has 0 aliphatic heterocycles. The van der Waals surface area contributed by atoms with E-state index in [2.05, 4.69) is 25.3 Å². The fourth-order valence-corrected chi connectivity index (χ4v) is 0.917. The van der Waals surface area contributed by atoms with E-state index < -0.39 is 0 Å². The van der Waals surface area contributed by atoms with Gasteiger partial charge in [-0.25, -0.2) is 0 Å². The molecule has 0 aromatic carbocycles. The summed E-state index contributed by atoms with van der Waals surface area (Å²) in [6.07, 6.45) is 4.83. The molecule has 0 amide bonds. The highest BCUT2D eigenvalue weighted by atomic mass is 16.3. The van der Waals surface area contributed by atoms with Crippen LogP contribution in [0, 0.1) is 11.3 Å². The number of aliphatic hydroxyl groups excluding tert-OH is 1. The molecule has 0 aliphatic carbocycles. The summed E-state index contributed by atoms with van der Waals surface area (Å²) in [7, 11) is 0. The minimum absolute atomic E-state index is 0.333. The Hall–Kier alpha value is -0.770. The first-order chi connectivity index (χ1) is 6.08. The molecule has 0 radical (unpaired) electrons. The zero-order chi connectivity index (χ0) is 10.7. The summed E-state index contributed by atoms with van der Waals surface area (Å²) in [5.74, 6) is 0.227. The van der Waals surface area contributed by atoms with Gasteiger partial charge in [0.15, 0.2) is 5.96 Å². The van der Waals surface area contributed by atoms with Crippen LogP contribution >= 0.6 is 0 Å². The Morgan fingerprint density at radius 3 is 2.08 bits per heavy atom. The lowest BCUT2D eigenvalue weighted by molar-refractivity contribution is 0.212. The monoisotopic (exact) mass is 189 g/mol. The van der Waals surface area contributed by atoms with Gasteiger partial charge in [0.05, 0.1) is 0 Å². The standard InChI is InChI=1S/C8H18O.CH5N3/c1-3-5-6-8(4-2)7-9;2-1(3)4/h8-9H,3-7H2,1-2H3;(H5,2,3,4). The second-order valence-corrected chi connectivity index (χ2v) is 3.05. The van der Waals surface area contributed by atoms with Crippen molar-refractivity contribution in [3.8, 4) is 0 Å². The quantitative estimate of drug-likeness (QED) is 0.384. The summed E-state index contributed by atoms with van der Waals surface area (Å²) in [6, 6.07) is 0. The average Bonchev–Trinajstić information content (AvgIpc) is 2.06. The molecule has 0 rings (SSSR count). The van der Waals surface area contributed by atoms with Crippen molar-refractivity contribution in [1.82, 2.24) is 0 Å². The molecule has 0 aromatic rings. The van der Waals surface area contributed by atoms with Gasteiger partial charge in [-0.05, 0) is 12.3 Å². The fourth-order valence-electron chi connectivity index (χ4n) is 0.917. The van der Waals surface area contributed by atoms with E-state index in [9.17, 15) is 0 Å². The molecule has 0 aromatic heterocycles. The summed E-state index contributed by atoms with van der Waals surface area (Å²) in [4.78, 5) is 0. The van der Waals surface area contributed by atoms with Crippen molar-refractivity contribution >= 4 is 5.96 Å². The van der Waals surface area contributed by atoms with Gasteiger partial charge in [-0.15, -0.1) is 0 Å². The lowest BCUT2D eigenvalue weighted by Gasteiger charge is -2.08. The van der Waals surface area contributed by atoms with Crippen LogP contribution in [-0.4, -0.2) is 17.7 Å². The van der Waals surface area contributed by atoms with E-state index in [1.54, 1.807) is 0 Å². The summed E-state index contributed by atoms with van der Waals surface area (Å²) in [5, 5.41) is 14.8. The van der Waals surface area contributed by atoms with Crippen LogP contribution < -0.4 is 11.5 Å². The SMILES string of the molecule is CCCCC(CC)CO.N=C(N)N. The minimum Gasteiger partial charge on any atom is -0.396 e. The number of hydrogen-bond donors (Lipinski definition) is 4. The molecule has 1 atom stereocenters. The molecule has 0 aliphatic rings. The van der Waals surface area contributed by atoms with Gasteiger partial charge in [0.2, 0.25) is 0 Å². The first-order valence-corrected chi connectivity index (χ1v) is 4.78. The van der Waals surface area contributed by atoms with Crippen molar-refractivity contribution in [2.24, 2.45) is 17.4 Å². The van der Waals surface area contributed by atoms with Gasteiger partial charge in [0.1, 0.15) is 0 Å². The lowest BCUT2D eigenvalue weighted by atomic mass is 10.0. The molecular formula is C9H23N3O. The number of aliphatic hydroxyl groups is 1. The Morgan fingerprint density at radius 1 is 1.38 bits per heavy atom. The summed E-state index contributed by atoms with van der Waals surface area (Å²) < 4.78 is 0. The van der Waals surface area contributed by atoms with Crippen LogP contribution in [0.4, 0.5) is 0 Å². The van der Waals surface area contributed by atoms with Crippen molar-refractivity contribution in [2.75, 3.05) is 6.61 Å². The molecule has 4 heteroatoms. The van der Waals surface area contributed by atoms with Crippen molar-refractivity contribution in [3.05, 3.63) is 0 Å². The average molecular weight is 189 g/mol. The molecule has 0 spiro atoms. The van der Waals surface area contributed by atoms with Crippen LogP contribution in [0.1, 0.15) is 39.5 Å². The zero-order valence-corrected chi connectivity index (χ0v) is 8.71. The van der Waals surface area contributed by atoms with Crippen LogP contribution in [0.2, 0.25) is 0 Å². The van der Waals surface area contributed by atoms with Crippen molar-refractivity contribution in [2.45, 2.75) is 39.5 Å². The molecule has 4 nitrogen and oxygen atoms in total. The highest BCUT2D eigenvalue weighted by molar-refractivity contribution is 5.71. The normalized spacial score (nSPS) is 11.3. The van der Waals surface area contributed by atoms with Crippen molar-refractivity contribution < 1.29 is 5.11 Å². The van der Waals surface area contributed by atoms with E-state index in [0.717, 1.165) is 6.42 Å². The molecule has 0 fully saturated rings. The van der Waals surface area contributed by atoms with Crippen LogP contribution in [0.3, 0.4) is 0 Å². The number of nitrogens with two attached hydrogens (primary N) is 2. The molecule has 0 heterocycles. The Balaban J connectivity index is 0. The molecule has 80 valence electrons. The summed E-state index contributed by atoms with van der Waals surface area (Å²) >= 11 is 0. The van der Waals surface area contributed by atoms with Crippen LogP contribution in [0.25, 0.3) is 0 Å². The molecule has 6 N–H and O–H groups in total. The predicted molar refractivity (Wildman–Crippen MR) is 56.5 cm³/mol. The fraction of sp³-hybridized carbons (Fsp3) is 0.889. The van der Waals surface area contributed by atoms with Crippen LogP contribution in [0.15, 0.2) is 0 Å². The molecule has 0 saturated carbocycles. The number of rotatable bonds is 5.